The van der Waals surface area contributed by atoms with Gasteiger partial charge in [-0.3, -0.25) is 0 Å². The molecular formula is C33H21FIrN-. The van der Waals surface area contributed by atoms with E-state index in [0.29, 0.717) is 5.39 Å². The van der Waals surface area contributed by atoms with Gasteiger partial charge in [-0.1, -0.05) is 65.7 Å². The number of hydrogen-bond donors (Lipinski definition) is 0. The Morgan fingerprint density at radius 3 is 2.28 bits per heavy atom. The van der Waals surface area contributed by atoms with Crippen LogP contribution in [0, 0.1) is 11.9 Å². The van der Waals surface area contributed by atoms with Crippen LogP contribution in [0.2, 0.25) is 0 Å². The molecule has 0 N–H and O–H groups in total. The zero-order valence-corrected chi connectivity index (χ0v) is 21.9. The van der Waals surface area contributed by atoms with Crippen molar-refractivity contribution in [3.63, 3.8) is 0 Å². The Morgan fingerprint density at radius 2 is 1.39 bits per heavy atom. The first-order chi connectivity index (χ1) is 17.3. The maximum absolute atomic E-state index is 14.8. The third-order valence-corrected chi connectivity index (χ3v) is 8.01. The quantitative estimate of drug-likeness (QED) is 0.131. The molecule has 36 heavy (non-hydrogen) atoms. The molecule has 2 aliphatic carbocycles. The number of nitrogens with zero attached hydrogens (tertiary/aromatic N) is 1. The standard InChI is InChI=1S/C33H21FN.Ir/c34-29-6-2-5-21-11-12-25-26-15-16-35-33(28(26)14-13-27(25)32(21)29)24-17-22-9-7-19-3-1-4-20-8-10-23(18-24)31(22)30(19)20;/h1-6,11-17H,7-10H2;/q-1;. The minimum Gasteiger partial charge on any atom is -0.304 e. The van der Waals surface area contributed by atoms with Crippen molar-refractivity contribution < 1.29 is 24.5 Å². The van der Waals surface area contributed by atoms with Gasteiger partial charge in [0.05, 0.1) is 0 Å². The molecular weight excluding hydrogens is 622 g/mol. The fraction of sp³-hybridized carbons (Fsp3) is 0.121. The van der Waals surface area contributed by atoms with Gasteiger partial charge in [0.25, 0.3) is 0 Å². The van der Waals surface area contributed by atoms with Gasteiger partial charge < -0.3 is 4.98 Å². The molecule has 5 aromatic carbocycles. The molecule has 6 aromatic rings. The summed E-state index contributed by atoms with van der Waals surface area (Å²) in [7, 11) is 0. The van der Waals surface area contributed by atoms with Gasteiger partial charge >= 0.3 is 0 Å². The Morgan fingerprint density at radius 1 is 0.667 bits per heavy atom. The van der Waals surface area contributed by atoms with Crippen LogP contribution in [0.1, 0.15) is 22.3 Å². The van der Waals surface area contributed by atoms with Crippen molar-refractivity contribution >= 4 is 32.3 Å². The summed E-state index contributed by atoms with van der Waals surface area (Å²) in [6.07, 6.45) is 6.12. The van der Waals surface area contributed by atoms with E-state index < -0.39 is 0 Å². The van der Waals surface area contributed by atoms with E-state index >= 15 is 0 Å². The maximum atomic E-state index is 14.8. The molecule has 0 saturated carbocycles. The van der Waals surface area contributed by atoms with Crippen molar-refractivity contribution in [3.05, 3.63) is 113 Å². The molecule has 0 bridgehead atoms. The number of aryl methyl sites for hydroxylation is 4. The van der Waals surface area contributed by atoms with Crippen molar-refractivity contribution in [1.29, 1.82) is 0 Å². The number of hydrogen-bond acceptors (Lipinski definition) is 1. The van der Waals surface area contributed by atoms with Gasteiger partial charge in [-0.25, -0.2) is 4.39 Å². The second-order valence-electron chi connectivity index (χ2n) is 9.83. The van der Waals surface area contributed by atoms with Gasteiger partial charge in [-0.2, -0.15) is 0 Å². The normalized spacial score (nSPS) is 13.6. The topological polar surface area (TPSA) is 12.9 Å². The fourth-order valence-corrected chi connectivity index (χ4v) is 6.47. The third kappa shape index (κ3) is 3.00. The van der Waals surface area contributed by atoms with Crippen LogP contribution in [0.3, 0.4) is 0 Å². The molecule has 0 spiro atoms. The Kier molecular flexibility index (Phi) is 4.89. The van der Waals surface area contributed by atoms with Gasteiger partial charge in [0, 0.05) is 31.7 Å². The number of fused-ring (bicyclic) bond motifs is 5. The monoisotopic (exact) mass is 643 g/mol. The van der Waals surface area contributed by atoms with Crippen LogP contribution in [0.4, 0.5) is 4.39 Å². The van der Waals surface area contributed by atoms with Crippen LogP contribution in [-0.4, -0.2) is 4.98 Å². The molecule has 1 heterocycles. The molecule has 2 aliphatic rings. The number of aromatic nitrogens is 1. The van der Waals surface area contributed by atoms with E-state index in [4.69, 9.17) is 4.98 Å². The average molecular weight is 643 g/mol. The number of rotatable bonds is 1. The van der Waals surface area contributed by atoms with E-state index in [0.717, 1.165) is 63.9 Å². The predicted molar refractivity (Wildman–Crippen MR) is 141 cm³/mol. The van der Waals surface area contributed by atoms with Crippen LogP contribution >= 0.6 is 0 Å². The van der Waals surface area contributed by atoms with Gasteiger partial charge in [0.15, 0.2) is 0 Å². The molecule has 1 aromatic heterocycles. The molecule has 175 valence electrons. The zero-order valence-electron chi connectivity index (χ0n) is 19.5. The van der Waals surface area contributed by atoms with Crippen LogP contribution in [0.25, 0.3) is 54.7 Å². The third-order valence-electron chi connectivity index (χ3n) is 8.01. The zero-order chi connectivity index (χ0) is 23.1. The smallest absolute Gasteiger partial charge is 0.131 e. The van der Waals surface area contributed by atoms with E-state index in [9.17, 15) is 4.39 Å². The minimum absolute atomic E-state index is 0. The first kappa shape index (κ1) is 21.9. The SMILES string of the molecule is Fc1cccc2ccc3c4ccnc(-c5[c-]c6c7c(c5)CCc5cccc(c5-7)CC6)c4ccc3c12.[Ir]. The molecule has 1 radical (unpaired) electrons. The van der Waals surface area contributed by atoms with Crippen LogP contribution in [0.5, 0.6) is 0 Å². The predicted octanol–water partition coefficient (Wildman–Crippen LogP) is 8.01. The van der Waals surface area contributed by atoms with E-state index in [1.807, 2.05) is 18.3 Å². The summed E-state index contributed by atoms with van der Waals surface area (Å²) in [5.41, 5.74) is 10.6. The molecule has 0 amide bonds. The number of halogens is 1. The Balaban J connectivity index is 0.00000220. The summed E-state index contributed by atoms with van der Waals surface area (Å²) in [4.78, 5) is 4.84. The van der Waals surface area contributed by atoms with E-state index in [2.05, 4.69) is 54.6 Å². The number of pyridine rings is 1. The first-order valence-corrected chi connectivity index (χ1v) is 12.3. The second kappa shape index (κ2) is 8.06. The van der Waals surface area contributed by atoms with Crippen molar-refractivity contribution in [2.24, 2.45) is 0 Å². The second-order valence-corrected chi connectivity index (χ2v) is 9.83. The summed E-state index contributed by atoms with van der Waals surface area (Å²) in [5.74, 6) is -0.177. The molecule has 3 heteroatoms. The summed E-state index contributed by atoms with van der Waals surface area (Å²) < 4.78 is 14.8. The summed E-state index contributed by atoms with van der Waals surface area (Å²) in [6, 6.07) is 28.5. The van der Waals surface area contributed by atoms with Crippen molar-refractivity contribution in [2.75, 3.05) is 0 Å². The molecule has 0 fully saturated rings. The largest absolute Gasteiger partial charge is 0.304 e. The molecule has 0 aliphatic heterocycles. The van der Waals surface area contributed by atoms with Gasteiger partial charge in [0.2, 0.25) is 0 Å². The first-order valence-electron chi connectivity index (χ1n) is 12.3. The summed E-state index contributed by atoms with van der Waals surface area (Å²) >= 11 is 0. The van der Waals surface area contributed by atoms with E-state index in [1.54, 1.807) is 12.1 Å². The molecule has 0 atom stereocenters. The fourth-order valence-electron chi connectivity index (χ4n) is 6.47. The Hall–Kier alpha value is -3.39. The summed E-state index contributed by atoms with van der Waals surface area (Å²) in [6.45, 7) is 0. The van der Waals surface area contributed by atoms with E-state index in [-0.39, 0.29) is 25.9 Å². The van der Waals surface area contributed by atoms with Crippen LogP contribution in [0.15, 0.2) is 79.0 Å². The van der Waals surface area contributed by atoms with Crippen LogP contribution < -0.4 is 0 Å². The number of benzene rings is 5. The molecule has 1 nitrogen and oxygen atoms in total. The Labute approximate surface area is 222 Å². The molecule has 8 rings (SSSR count). The van der Waals surface area contributed by atoms with Crippen molar-refractivity contribution in [3.8, 4) is 22.4 Å². The molecule has 0 unspecified atom stereocenters. The molecule has 0 saturated heterocycles. The summed E-state index contributed by atoms with van der Waals surface area (Å²) in [5, 5.41) is 5.80. The Bertz CT molecular complexity index is 1820. The van der Waals surface area contributed by atoms with Gasteiger partial charge in [-0.15, -0.1) is 28.8 Å². The van der Waals surface area contributed by atoms with E-state index in [1.165, 1.54) is 33.4 Å². The maximum Gasteiger partial charge on any atom is 0.131 e. The van der Waals surface area contributed by atoms with Crippen LogP contribution in [-0.2, 0) is 45.8 Å². The van der Waals surface area contributed by atoms with Gasteiger partial charge in [-0.05, 0) is 81.6 Å². The minimum atomic E-state index is -0.177. The van der Waals surface area contributed by atoms with Gasteiger partial charge in [0.1, 0.15) is 5.82 Å². The van der Waals surface area contributed by atoms with Crippen molar-refractivity contribution in [1.82, 2.24) is 4.98 Å². The van der Waals surface area contributed by atoms with Crippen molar-refractivity contribution in [2.45, 2.75) is 25.7 Å². The average Bonchev–Trinajstić information content (AvgIpc) is 2.91.